The van der Waals surface area contributed by atoms with Crippen molar-refractivity contribution >= 4 is 16.9 Å². The van der Waals surface area contributed by atoms with Gasteiger partial charge in [0.15, 0.2) is 17.3 Å². The number of hydrogen-bond donors (Lipinski definition) is 3. The number of benzene rings is 1. The van der Waals surface area contributed by atoms with Crippen LogP contribution in [0.5, 0.6) is 5.75 Å². The topological polar surface area (TPSA) is 92.2 Å². The van der Waals surface area contributed by atoms with Crippen LogP contribution in [0.2, 0.25) is 0 Å². The zero-order valence-corrected chi connectivity index (χ0v) is 16.4. The zero-order valence-electron chi connectivity index (χ0n) is 16.4. The SMILES string of the molecule is CCNC(=NCC(O)c1ccco1)NC(C)c1cc2cccc(OCC)c2o1. The minimum absolute atomic E-state index is 0.125. The van der Waals surface area contributed by atoms with Gasteiger partial charge in [-0.15, -0.1) is 0 Å². The Morgan fingerprint density at radius 1 is 1.21 bits per heavy atom. The molecule has 3 N–H and O–H groups in total. The lowest BCUT2D eigenvalue weighted by Crippen LogP contribution is -2.39. The molecule has 0 aliphatic carbocycles. The highest BCUT2D eigenvalue weighted by molar-refractivity contribution is 5.84. The number of rotatable bonds is 8. The van der Waals surface area contributed by atoms with Gasteiger partial charge in [0, 0.05) is 11.9 Å². The Bertz CT molecular complexity index is 902. The summed E-state index contributed by atoms with van der Waals surface area (Å²) < 4.78 is 16.9. The molecule has 0 bridgehead atoms. The predicted octanol–water partition coefficient (Wildman–Crippen LogP) is 3.77. The van der Waals surface area contributed by atoms with Crippen molar-refractivity contribution in [2.24, 2.45) is 4.99 Å². The average Bonchev–Trinajstić information content (AvgIpc) is 3.36. The van der Waals surface area contributed by atoms with E-state index in [0.29, 0.717) is 24.9 Å². The van der Waals surface area contributed by atoms with Gasteiger partial charge in [-0.05, 0) is 45.0 Å². The van der Waals surface area contributed by atoms with Gasteiger partial charge in [0.1, 0.15) is 17.6 Å². The molecule has 0 fully saturated rings. The molecular weight excluding hydrogens is 358 g/mol. The van der Waals surface area contributed by atoms with E-state index in [1.165, 1.54) is 6.26 Å². The number of aliphatic imine (C=N–C) groups is 1. The molecule has 0 amide bonds. The summed E-state index contributed by atoms with van der Waals surface area (Å²) >= 11 is 0. The van der Waals surface area contributed by atoms with Crippen LogP contribution in [0, 0.1) is 0 Å². The van der Waals surface area contributed by atoms with Crippen LogP contribution in [-0.4, -0.2) is 30.8 Å². The molecule has 0 radical (unpaired) electrons. The summed E-state index contributed by atoms with van der Waals surface area (Å²) in [4.78, 5) is 4.45. The summed E-state index contributed by atoms with van der Waals surface area (Å²) in [7, 11) is 0. The maximum atomic E-state index is 10.2. The highest BCUT2D eigenvalue weighted by Crippen LogP contribution is 2.31. The fourth-order valence-corrected chi connectivity index (χ4v) is 2.88. The molecule has 2 aromatic heterocycles. The van der Waals surface area contributed by atoms with Crippen molar-refractivity contribution in [1.82, 2.24) is 10.6 Å². The molecular formula is C21H27N3O4. The second-order valence-electron chi connectivity index (χ2n) is 6.37. The van der Waals surface area contributed by atoms with Gasteiger partial charge in [-0.3, -0.25) is 4.99 Å². The Balaban J connectivity index is 1.73. The van der Waals surface area contributed by atoms with Crippen LogP contribution in [0.15, 0.2) is 56.5 Å². The Labute approximate surface area is 164 Å². The molecule has 7 nitrogen and oxygen atoms in total. The number of aliphatic hydroxyl groups is 1. The molecule has 0 saturated carbocycles. The quantitative estimate of drug-likeness (QED) is 0.404. The maximum absolute atomic E-state index is 10.2. The van der Waals surface area contributed by atoms with Gasteiger partial charge in [-0.1, -0.05) is 12.1 Å². The van der Waals surface area contributed by atoms with E-state index >= 15 is 0 Å². The summed E-state index contributed by atoms with van der Waals surface area (Å²) in [6.45, 7) is 7.39. The van der Waals surface area contributed by atoms with Crippen molar-refractivity contribution < 1.29 is 18.7 Å². The first kappa shape index (κ1) is 19.8. The first-order chi connectivity index (χ1) is 13.6. The first-order valence-corrected chi connectivity index (χ1v) is 9.54. The highest BCUT2D eigenvalue weighted by atomic mass is 16.5. The number of furan rings is 2. The van der Waals surface area contributed by atoms with E-state index in [2.05, 4.69) is 15.6 Å². The number of hydrogen-bond acceptors (Lipinski definition) is 5. The standard InChI is InChI=1S/C21H27N3O4/c1-4-22-21(23-13-16(25)17-10-7-11-27-17)24-14(3)19-12-15-8-6-9-18(26-5-2)20(15)28-19/h6-12,14,16,25H,4-5,13H2,1-3H3,(H2,22,23,24). The molecule has 2 heterocycles. The largest absolute Gasteiger partial charge is 0.490 e. The van der Waals surface area contributed by atoms with Gasteiger partial charge in [0.2, 0.25) is 0 Å². The predicted molar refractivity (Wildman–Crippen MR) is 109 cm³/mol. The van der Waals surface area contributed by atoms with Crippen LogP contribution in [0.25, 0.3) is 11.0 Å². The molecule has 3 aromatic rings. The van der Waals surface area contributed by atoms with Gasteiger partial charge in [0.05, 0.1) is 25.5 Å². The van der Waals surface area contributed by atoms with Crippen LogP contribution in [-0.2, 0) is 0 Å². The van der Waals surface area contributed by atoms with Crippen molar-refractivity contribution in [2.75, 3.05) is 19.7 Å². The Kier molecular flexibility index (Phi) is 6.60. The zero-order chi connectivity index (χ0) is 19.9. The maximum Gasteiger partial charge on any atom is 0.191 e. The van der Waals surface area contributed by atoms with Crippen LogP contribution in [0.4, 0.5) is 0 Å². The molecule has 3 rings (SSSR count). The second-order valence-corrected chi connectivity index (χ2v) is 6.37. The summed E-state index contributed by atoms with van der Waals surface area (Å²) in [6.07, 6.45) is 0.743. The van der Waals surface area contributed by atoms with E-state index in [4.69, 9.17) is 13.6 Å². The lowest BCUT2D eigenvalue weighted by atomic mass is 10.2. The number of ether oxygens (including phenoxy) is 1. The van der Waals surface area contributed by atoms with Crippen molar-refractivity contribution in [3.8, 4) is 5.75 Å². The van der Waals surface area contributed by atoms with E-state index < -0.39 is 6.10 Å². The molecule has 150 valence electrons. The fraction of sp³-hybridized carbons (Fsp3) is 0.381. The van der Waals surface area contributed by atoms with Crippen molar-refractivity contribution in [3.05, 3.63) is 54.2 Å². The summed E-state index contributed by atoms with van der Waals surface area (Å²) in [6, 6.07) is 11.2. The van der Waals surface area contributed by atoms with E-state index in [1.807, 2.05) is 45.0 Å². The van der Waals surface area contributed by atoms with Crippen molar-refractivity contribution in [3.63, 3.8) is 0 Å². The number of aliphatic hydroxyl groups excluding tert-OH is 1. The van der Waals surface area contributed by atoms with Crippen LogP contribution in [0.1, 0.15) is 44.4 Å². The van der Waals surface area contributed by atoms with Crippen LogP contribution < -0.4 is 15.4 Å². The van der Waals surface area contributed by atoms with Crippen LogP contribution >= 0.6 is 0 Å². The van der Waals surface area contributed by atoms with Crippen molar-refractivity contribution in [1.29, 1.82) is 0 Å². The van der Waals surface area contributed by atoms with Gasteiger partial charge in [-0.25, -0.2) is 0 Å². The fourth-order valence-electron chi connectivity index (χ4n) is 2.88. The van der Waals surface area contributed by atoms with Crippen LogP contribution in [0.3, 0.4) is 0 Å². The summed E-state index contributed by atoms with van der Waals surface area (Å²) in [5.74, 6) is 2.60. The smallest absolute Gasteiger partial charge is 0.191 e. The lowest BCUT2D eigenvalue weighted by Gasteiger charge is -2.16. The molecule has 2 atom stereocenters. The van der Waals surface area contributed by atoms with E-state index in [9.17, 15) is 5.11 Å². The number of nitrogens with one attached hydrogen (secondary N) is 2. The third-order valence-electron chi connectivity index (χ3n) is 4.25. The van der Waals surface area contributed by atoms with E-state index in [0.717, 1.165) is 22.5 Å². The minimum Gasteiger partial charge on any atom is -0.490 e. The van der Waals surface area contributed by atoms with E-state index in [-0.39, 0.29) is 12.6 Å². The molecule has 0 spiro atoms. The van der Waals surface area contributed by atoms with Gasteiger partial charge in [0.25, 0.3) is 0 Å². The molecule has 0 aliphatic rings. The van der Waals surface area contributed by atoms with Gasteiger partial charge < -0.3 is 29.3 Å². The van der Waals surface area contributed by atoms with E-state index in [1.54, 1.807) is 12.1 Å². The summed E-state index contributed by atoms with van der Waals surface area (Å²) in [5, 5.41) is 17.6. The monoisotopic (exact) mass is 385 g/mol. The number of guanidine groups is 1. The molecule has 7 heteroatoms. The number of fused-ring (bicyclic) bond motifs is 1. The average molecular weight is 385 g/mol. The molecule has 2 unspecified atom stereocenters. The number of nitrogens with zero attached hydrogens (tertiary/aromatic N) is 1. The Morgan fingerprint density at radius 3 is 2.79 bits per heavy atom. The summed E-state index contributed by atoms with van der Waals surface area (Å²) in [5.41, 5.74) is 0.739. The molecule has 28 heavy (non-hydrogen) atoms. The first-order valence-electron chi connectivity index (χ1n) is 9.54. The second kappa shape index (κ2) is 9.32. The minimum atomic E-state index is -0.791. The van der Waals surface area contributed by atoms with Gasteiger partial charge >= 0.3 is 0 Å². The third kappa shape index (κ3) is 4.67. The lowest BCUT2D eigenvalue weighted by molar-refractivity contribution is 0.158. The Hall–Kier alpha value is -2.93. The van der Waals surface area contributed by atoms with Gasteiger partial charge in [-0.2, -0.15) is 0 Å². The molecule has 0 aliphatic heterocycles. The Morgan fingerprint density at radius 2 is 2.07 bits per heavy atom. The third-order valence-corrected chi connectivity index (χ3v) is 4.25. The number of para-hydroxylation sites is 1. The molecule has 1 aromatic carbocycles. The molecule has 0 saturated heterocycles. The highest BCUT2D eigenvalue weighted by Gasteiger charge is 2.16. The normalized spacial score (nSPS) is 14.1. The van der Waals surface area contributed by atoms with Crippen molar-refractivity contribution in [2.45, 2.75) is 32.9 Å².